The summed E-state index contributed by atoms with van der Waals surface area (Å²) in [6.07, 6.45) is 2.14. The van der Waals surface area contributed by atoms with Crippen LogP contribution < -0.4 is 5.32 Å². The van der Waals surface area contributed by atoms with Crippen molar-refractivity contribution in [3.8, 4) is 0 Å². The predicted octanol–water partition coefficient (Wildman–Crippen LogP) is 4.47. The van der Waals surface area contributed by atoms with E-state index < -0.39 is 0 Å². The fraction of sp³-hybridized carbons (Fsp3) is 0.600. The highest BCUT2D eigenvalue weighted by atomic mass is 16.6. The number of nitrogens with one attached hydrogen (secondary N) is 1. The van der Waals surface area contributed by atoms with Crippen LogP contribution in [0.1, 0.15) is 40.5 Å². The SMILES string of the molecule is CC(C)CC(CC(C)C)Nc1cccc([N+](=O)[O-])c1. The Labute approximate surface area is 115 Å². The second-order valence-electron chi connectivity index (χ2n) is 5.91. The first-order valence-corrected chi connectivity index (χ1v) is 6.89. The molecule has 0 saturated heterocycles. The van der Waals surface area contributed by atoms with Crippen molar-refractivity contribution >= 4 is 11.4 Å². The van der Waals surface area contributed by atoms with E-state index in [2.05, 4.69) is 33.0 Å². The molecule has 4 nitrogen and oxygen atoms in total. The molecule has 0 saturated carbocycles. The minimum Gasteiger partial charge on any atom is -0.382 e. The maximum absolute atomic E-state index is 10.8. The van der Waals surface area contributed by atoms with Crippen LogP contribution in [-0.4, -0.2) is 11.0 Å². The van der Waals surface area contributed by atoms with Crippen LogP contribution in [0.5, 0.6) is 0 Å². The van der Waals surface area contributed by atoms with Crippen molar-refractivity contribution in [3.63, 3.8) is 0 Å². The zero-order valence-corrected chi connectivity index (χ0v) is 12.2. The molecule has 1 aromatic rings. The van der Waals surface area contributed by atoms with Gasteiger partial charge < -0.3 is 5.32 Å². The largest absolute Gasteiger partial charge is 0.382 e. The van der Waals surface area contributed by atoms with Gasteiger partial charge in [0.1, 0.15) is 0 Å². The normalized spacial score (nSPS) is 11.3. The van der Waals surface area contributed by atoms with Gasteiger partial charge in [-0.2, -0.15) is 0 Å². The Bertz CT molecular complexity index is 406. The fourth-order valence-corrected chi connectivity index (χ4v) is 2.30. The van der Waals surface area contributed by atoms with Gasteiger partial charge in [-0.1, -0.05) is 33.8 Å². The van der Waals surface area contributed by atoms with Crippen LogP contribution in [-0.2, 0) is 0 Å². The zero-order chi connectivity index (χ0) is 14.4. The summed E-state index contributed by atoms with van der Waals surface area (Å²) in [4.78, 5) is 10.4. The van der Waals surface area contributed by atoms with Gasteiger partial charge in [0.25, 0.3) is 5.69 Å². The first kappa shape index (κ1) is 15.5. The number of benzene rings is 1. The van der Waals surface area contributed by atoms with E-state index in [1.54, 1.807) is 12.1 Å². The van der Waals surface area contributed by atoms with Gasteiger partial charge in [-0.05, 0) is 30.7 Å². The average molecular weight is 264 g/mol. The van der Waals surface area contributed by atoms with Crippen LogP contribution in [0.25, 0.3) is 0 Å². The number of non-ortho nitro benzene ring substituents is 1. The summed E-state index contributed by atoms with van der Waals surface area (Å²) in [5.41, 5.74) is 0.971. The Hall–Kier alpha value is -1.58. The van der Waals surface area contributed by atoms with Crippen molar-refractivity contribution < 1.29 is 4.92 Å². The van der Waals surface area contributed by atoms with E-state index in [0.29, 0.717) is 17.9 Å². The molecular formula is C15H24N2O2. The first-order chi connectivity index (χ1) is 8.88. The first-order valence-electron chi connectivity index (χ1n) is 6.89. The van der Waals surface area contributed by atoms with Gasteiger partial charge in [0, 0.05) is 23.9 Å². The quantitative estimate of drug-likeness (QED) is 0.584. The standard InChI is InChI=1S/C15H24N2O2/c1-11(2)8-14(9-12(3)4)16-13-6-5-7-15(10-13)17(18)19/h5-7,10-12,14,16H,8-9H2,1-4H3. The van der Waals surface area contributed by atoms with Crippen LogP contribution in [0.4, 0.5) is 11.4 Å². The van der Waals surface area contributed by atoms with Crippen molar-refractivity contribution in [1.82, 2.24) is 0 Å². The molecule has 4 heteroatoms. The van der Waals surface area contributed by atoms with E-state index in [1.165, 1.54) is 6.07 Å². The van der Waals surface area contributed by atoms with E-state index >= 15 is 0 Å². The second-order valence-corrected chi connectivity index (χ2v) is 5.91. The molecule has 19 heavy (non-hydrogen) atoms. The van der Waals surface area contributed by atoms with E-state index in [0.717, 1.165) is 18.5 Å². The van der Waals surface area contributed by atoms with E-state index in [9.17, 15) is 10.1 Å². The minimum absolute atomic E-state index is 0.137. The molecule has 0 aliphatic carbocycles. The van der Waals surface area contributed by atoms with E-state index in [4.69, 9.17) is 0 Å². The lowest BCUT2D eigenvalue weighted by Crippen LogP contribution is -2.23. The third kappa shape index (κ3) is 5.73. The Morgan fingerprint density at radius 1 is 1.16 bits per heavy atom. The monoisotopic (exact) mass is 264 g/mol. The van der Waals surface area contributed by atoms with Gasteiger partial charge in [0.15, 0.2) is 0 Å². The number of rotatable bonds is 7. The predicted molar refractivity (Wildman–Crippen MR) is 79.4 cm³/mol. The lowest BCUT2D eigenvalue weighted by atomic mass is 9.95. The van der Waals surface area contributed by atoms with Crippen molar-refractivity contribution in [2.45, 2.75) is 46.6 Å². The topological polar surface area (TPSA) is 55.2 Å². The Balaban J connectivity index is 2.77. The maximum atomic E-state index is 10.8. The van der Waals surface area contributed by atoms with Gasteiger partial charge >= 0.3 is 0 Å². The summed E-state index contributed by atoms with van der Waals surface area (Å²) < 4.78 is 0. The third-order valence-electron chi connectivity index (χ3n) is 2.94. The van der Waals surface area contributed by atoms with E-state index in [1.807, 2.05) is 6.07 Å². The molecule has 0 spiro atoms. The van der Waals surface area contributed by atoms with Crippen molar-refractivity contribution in [3.05, 3.63) is 34.4 Å². The van der Waals surface area contributed by atoms with Crippen LogP contribution in [0.3, 0.4) is 0 Å². The molecule has 0 aliphatic rings. The fourth-order valence-electron chi connectivity index (χ4n) is 2.30. The Morgan fingerprint density at radius 3 is 2.21 bits per heavy atom. The van der Waals surface area contributed by atoms with Gasteiger partial charge in [0.05, 0.1) is 4.92 Å². The number of hydrogen-bond acceptors (Lipinski definition) is 3. The summed E-state index contributed by atoms with van der Waals surface area (Å²) in [7, 11) is 0. The van der Waals surface area contributed by atoms with Gasteiger partial charge in [-0.3, -0.25) is 10.1 Å². The summed E-state index contributed by atoms with van der Waals surface area (Å²) >= 11 is 0. The molecule has 1 aromatic carbocycles. The maximum Gasteiger partial charge on any atom is 0.271 e. The molecule has 0 radical (unpaired) electrons. The lowest BCUT2D eigenvalue weighted by Gasteiger charge is -2.23. The van der Waals surface area contributed by atoms with Crippen molar-refractivity contribution in [2.24, 2.45) is 11.8 Å². The molecular weight excluding hydrogens is 240 g/mol. The van der Waals surface area contributed by atoms with E-state index in [-0.39, 0.29) is 10.6 Å². The molecule has 1 N–H and O–H groups in total. The number of hydrogen-bond donors (Lipinski definition) is 1. The molecule has 0 amide bonds. The van der Waals surface area contributed by atoms with Crippen molar-refractivity contribution in [2.75, 3.05) is 5.32 Å². The zero-order valence-electron chi connectivity index (χ0n) is 12.2. The molecule has 0 aliphatic heterocycles. The van der Waals surface area contributed by atoms with Crippen molar-refractivity contribution in [1.29, 1.82) is 0 Å². The van der Waals surface area contributed by atoms with Gasteiger partial charge in [-0.25, -0.2) is 0 Å². The minimum atomic E-state index is -0.356. The Kier molecular flexibility index (Phi) is 5.80. The van der Waals surface area contributed by atoms with Crippen LogP contribution in [0.2, 0.25) is 0 Å². The highest BCUT2D eigenvalue weighted by Gasteiger charge is 2.14. The highest BCUT2D eigenvalue weighted by Crippen LogP contribution is 2.22. The number of anilines is 1. The van der Waals surface area contributed by atoms with Crippen LogP contribution >= 0.6 is 0 Å². The molecule has 106 valence electrons. The molecule has 0 unspecified atom stereocenters. The number of nitro groups is 1. The molecule has 0 heterocycles. The van der Waals surface area contributed by atoms with Gasteiger partial charge in [-0.15, -0.1) is 0 Å². The Morgan fingerprint density at radius 2 is 1.74 bits per heavy atom. The summed E-state index contributed by atoms with van der Waals surface area (Å²) in [6, 6.07) is 7.10. The molecule has 0 fully saturated rings. The molecule has 0 aromatic heterocycles. The number of nitro benzene ring substituents is 1. The van der Waals surface area contributed by atoms with Crippen LogP contribution in [0, 0.1) is 22.0 Å². The summed E-state index contributed by atoms with van der Waals surface area (Å²) in [5.74, 6) is 1.21. The highest BCUT2D eigenvalue weighted by molar-refractivity contribution is 5.51. The summed E-state index contributed by atoms with van der Waals surface area (Å²) in [6.45, 7) is 8.79. The molecule has 0 bridgehead atoms. The second kappa shape index (κ2) is 7.12. The smallest absolute Gasteiger partial charge is 0.271 e. The molecule has 0 atom stereocenters. The molecule has 1 rings (SSSR count). The van der Waals surface area contributed by atoms with Gasteiger partial charge in [0.2, 0.25) is 0 Å². The van der Waals surface area contributed by atoms with Crippen LogP contribution in [0.15, 0.2) is 24.3 Å². The summed E-state index contributed by atoms with van der Waals surface area (Å²) in [5, 5.41) is 14.2. The third-order valence-corrected chi connectivity index (χ3v) is 2.94. The lowest BCUT2D eigenvalue weighted by molar-refractivity contribution is -0.384. The average Bonchev–Trinajstić information content (AvgIpc) is 2.27. The number of nitrogens with zero attached hydrogens (tertiary/aromatic N) is 1.